The van der Waals surface area contributed by atoms with E-state index in [2.05, 4.69) is 39.4 Å². The number of carbonyl (C=O) groups is 1. The van der Waals surface area contributed by atoms with E-state index in [0.29, 0.717) is 25.6 Å². The first-order valence-corrected chi connectivity index (χ1v) is 9.28. The molecule has 1 unspecified atom stereocenters. The summed E-state index contributed by atoms with van der Waals surface area (Å²) >= 11 is 0. The van der Waals surface area contributed by atoms with Gasteiger partial charge in [0.15, 0.2) is 5.96 Å². The van der Waals surface area contributed by atoms with Gasteiger partial charge < -0.3 is 20.1 Å². The lowest BCUT2D eigenvalue weighted by Crippen LogP contribution is -2.40. The number of guanidine groups is 1. The second-order valence-corrected chi connectivity index (χ2v) is 6.37. The Morgan fingerprint density at radius 1 is 1.15 bits per heavy atom. The van der Waals surface area contributed by atoms with E-state index in [-0.39, 0.29) is 5.97 Å². The average molecular weight is 364 g/mol. The minimum atomic E-state index is -0.140. The summed E-state index contributed by atoms with van der Waals surface area (Å²) in [4.78, 5) is 15.3. The molecule has 0 amide bonds. The Labute approximate surface area is 157 Å². The Balaban J connectivity index is 2.06. The van der Waals surface area contributed by atoms with Crippen LogP contribution in [0.3, 0.4) is 0 Å². The van der Waals surface area contributed by atoms with E-state index in [1.807, 2.05) is 18.2 Å². The van der Waals surface area contributed by atoms with Crippen molar-refractivity contribution in [2.24, 2.45) is 10.9 Å². The summed E-state index contributed by atoms with van der Waals surface area (Å²) in [6.45, 7) is 5.13. The Morgan fingerprint density at radius 2 is 1.92 bits per heavy atom. The van der Waals surface area contributed by atoms with Gasteiger partial charge in [-0.15, -0.1) is 0 Å². The van der Waals surface area contributed by atoms with Crippen molar-refractivity contribution in [3.05, 3.63) is 35.9 Å². The minimum absolute atomic E-state index is 0.140. The van der Waals surface area contributed by atoms with Crippen molar-refractivity contribution in [1.82, 2.24) is 10.6 Å². The highest BCUT2D eigenvalue weighted by Crippen LogP contribution is 2.03. The number of hydrogen-bond acceptors (Lipinski definition) is 4. The first-order valence-electron chi connectivity index (χ1n) is 9.28. The fourth-order valence-electron chi connectivity index (χ4n) is 2.38. The molecular weight excluding hydrogens is 330 g/mol. The number of ether oxygens (including phenoxy) is 2. The van der Waals surface area contributed by atoms with Crippen LogP contribution in [0.1, 0.15) is 38.2 Å². The van der Waals surface area contributed by atoms with Crippen LogP contribution in [0.15, 0.2) is 35.3 Å². The highest BCUT2D eigenvalue weighted by Gasteiger charge is 2.05. The predicted molar refractivity (Wildman–Crippen MR) is 105 cm³/mol. The van der Waals surface area contributed by atoms with Gasteiger partial charge >= 0.3 is 5.97 Å². The second kappa shape index (κ2) is 14.1. The maximum atomic E-state index is 11.0. The first kappa shape index (κ1) is 22.0. The van der Waals surface area contributed by atoms with Crippen molar-refractivity contribution in [1.29, 1.82) is 0 Å². The summed E-state index contributed by atoms with van der Waals surface area (Å²) in [7, 11) is 3.19. The van der Waals surface area contributed by atoms with Crippen LogP contribution in [0, 0.1) is 5.92 Å². The van der Waals surface area contributed by atoms with Crippen molar-refractivity contribution in [2.45, 2.75) is 39.2 Å². The molecule has 0 aromatic heterocycles. The molecule has 2 N–H and O–H groups in total. The molecule has 1 rings (SSSR count). The molecule has 0 radical (unpaired) electrons. The lowest BCUT2D eigenvalue weighted by atomic mass is 10.2. The van der Waals surface area contributed by atoms with Gasteiger partial charge in [0.05, 0.1) is 20.3 Å². The Morgan fingerprint density at radius 3 is 2.62 bits per heavy atom. The lowest BCUT2D eigenvalue weighted by molar-refractivity contribution is -0.140. The molecule has 0 bridgehead atoms. The first-order chi connectivity index (χ1) is 12.7. The molecule has 0 heterocycles. The van der Waals surface area contributed by atoms with Gasteiger partial charge in [-0.2, -0.15) is 0 Å². The van der Waals surface area contributed by atoms with Gasteiger partial charge in [-0.05, 0) is 24.3 Å². The molecule has 0 aliphatic carbocycles. The number of nitrogens with zero attached hydrogens (tertiary/aromatic N) is 1. The Hall–Kier alpha value is -2.08. The van der Waals surface area contributed by atoms with Crippen LogP contribution in [-0.4, -0.2) is 45.8 Å². The van der Waals surface area contributed by atoms with Crippen LogP contribution in [0.2, 0.25) is 0 Å². The summed E-state index contributed by atoms with van der Waals surface area (Å²) in [5.74, 6) is 1.05. The van der Waals surface area contributed by atoms with Crippen molar-refractivity contribution in [3.63, 3.8) is 0 Å². The molecule has 1 aromatic rings. The van der Waals surface area contributed by atoms with Crippen LogP contribution in [0.4, 0.5) is 0 Å². The SMILES string of the molecule is CN=C(NCCCCCC(=O)OC)NCC(C)COCc1ccccc1. The number of nitrogens with one attached hydrogen (secondary N) is 2. The van der Waals surface area contributed by atoms with Gasteiger partial charge in [0, 0.05) is 26.6 Å². The minimum Gasteiger partial charge on any atom is -0.469 e. The van der Waals surface area contributed by atoms with Crippen LogP contribution in [0.25, 0.3) is 0 Å². The maximum Gasteiger partial charge on any atom is 0.305 e. The zero-order valence-electron chi connectivity index (χ0n) is 16.3. The number of benzene rings is 1. The number of rotatable bonds is 12. The van der Waals surface area contributed by atoms with Gasteiger partial charge in [-0.25, -0.2) is 0 Å². The molecule has 1 aromatic carbocycles. The van der Waals surface area contributed by atoms with Crippen molar-refractivity contribution in [2.75, 3.05) is 33.9 Å². The standard InChI is InChI=1S/C20H33N3O3/c1-17(15-26-16-18-10-6-4-7-11-18)14-23-20(21-2)22-13-9-5-8-12-19(24)25-3/h4,6-7,10-11,17H,5,8-9,12-16H2,1-3H3,(H2,21,22,23). The second-order valence-electron chi connectivity index (χ2n) is 6.37. The number of unbranched alkanes of at least 4 members (excludes halogenated alkanes) is 2. The molecule has 0 saturated heterocycles. The summed E-state index contributed by atoms with van der Waals surface area (Å²) in [5.41, 5.74) is 1.19. The highest BCUT2D eigenvalue weighted by atomic mass is 16.5. The normalized spacial score (nSPS) is 12.5. The van der Waals surface area contributed by atoms with E-state index in [4.69, 9.17) is 4.74 Å². The van der Waals surface area contributed by atoms with Crippen LogP contribution in [0.5, 0.6) is 0 Å². The van der Waals surface area contributed by atoms with Gasteiger partial charge in [-0.1, -0.05) is 43.7 Å². The number of carbonyl (C=O) groups excluding carboxylic acids is 1. The molecule has 146 valence electrons. The van der Waals surface area contributed by atoms with E-state index in [0.717, 1.165) is 38.3 Å². The molecule has 0 fully saturated rings. The topological polar surface area (TPSA) is 72.0 Å². The zero-order valence-corrected chi connectivity index (χ0v) is 16.3. The summed E-state index contributed by atoms with van der Waals surface area (Å²) < 4.78 is 10.4. The van der Waals surface area contributed by atoms with Crippen molar-refractivity contribution < 1.29 is 14.3 Å². The van der Waals surface area contributed by atoms with Crippen LogP contribution < -0.4 is 10.6 Å². The smallest absolute Gasteiger partial charge is 0.305 e. The zero-order chi connectivity index (χ0) is 19.0. The molecule has 0 aliphatic heterocycles. The molecule has 0 aliphatic rings. The fourth-order valence-corrected chi connectivity index (χ4v) is 2.38. The summed E-state index contributed by atoms with van der Waals surface area (Å²) in [6.07, 6.45) is 3.33. The predicted octanol–water partition coefficient (Wildman–Crippen LogP) is 2.74. The highest BCUT2D eigenvalue weighted by molar-refractivity contribution is 5.79. The number of methoxy groups -OCH3 is 1. The van der Waals surface area contributed by atoms with Crippen LogP contribution >= 0.6 is 0 Å². The monoisotopic (exact) mass is 363 g/mol. The molecule has 0 spiro atoms. The van der Waals surface area contributed by atoms with E-state index >= 15 is 0 Å². The quantitative estimate of drug-likeness (QED) is 0.259. The molecule has 0 saturated carbocycles. The summed E-state index contributed by atoms with van der Waals surface area (Å²) in [6, 6.07) is 10.2. The van der Waals surface area contributed by atoms with Crippen molar-refractivity contribution >= 4 is 11.9 Å². The van der Waals surface area contributed by atoms with Gasteiger partial charge in [-0.3, -0.25) is 9.79 Å². The van der Waals surface area contributed by atoms with E-state index in [9.17, 15) is 4.79 Å². The third kappa shape index (κ3) is 10.7. The lowest BCUT2D eigenvalue weighted by Gasteiger charge is -2.16. The van der Waals surface area contributed by atoms with Crippen molar-refractivity contribution in [3.8, 4) is 0 Å². The maximum absolute atomic E-state index is 11.0. The third-order valence-electron chi connectivity index (χ3n) is 3.93. The number of hydrogen-bond donors (Lipinski definition) is 2. The molecule has 1 atom stereocenters. The fraction of sp³-hybridized carbons (Fsp3) is 0.600. The molecule has 26 heavy (non-hydrogen) atoms. The average Bonchev–Trinajstić information content (AvgIpc) is 2.67. The van der Waals surface area contributed by atoms with Gasteiger partial charge in [0.2, 0.25) is 0 Å². The Bertz CT molecular complexity index is 520. The van der Waals surface area contributed by atoms with E-state index in [1.165, 1.54) is 12.7 Å². The van der Waals surface area contributed by atoms with E-state index < -0.39 is 0 Å². The largest absolute Gasteiger partial charge is 0.469 e. The number of aliphatic imine (C=N–C) groups is 1. The van der Waals surface area contributed by atoms with Gasteiger partial charge in [0.25, 0.3) is 0 Å². The molecular formula is C20H33N3O3. The number of esters is 1. The molecule has 6 nitrogen and oxygen atoms in total. The Kier molecular flexibility index (Phi) is 11.9. The van der Waals surface area contributed by atoms with Crippen LogP contribution in [-0.2, 0) is 20.9 Å². The third-order valence-corrected chi connectivity index (χ3v) is 3.93. The summed E-state index contributed by atoms with van der Waals surface area (Å²) in [5, 5.41) is 6.61. The molecule has 6 heteroatoms. The van der Waals surface area contributed by atoms with E-state index in [1.54, 1.807) is 7.05 Å². The van der Waals surface area contributed by atoms with Gasteiger partial charge in [0.1, 0.15) is 0 Å².